The number of rotatable bonds is 3. The Morgan fingerprint density at radius 3 is 1.88 bits per heavy atom. The van der Waals surface area contributed by atoms with E-state index < -0.39 is 0 Å². The molecular weight excluding hydrogens is 402 g/mol. The van der Waals surface area contributed by atoms with Crippen molar-refractivity contribution >= 4 is 21.8 Å². The summed E-state index contributed by atoms with van der Waals surface area (Å²) in [5.74, 6) is 0. The van der Waals surface area contributed by atoms with Crippen LogP contribution in [0.4, 0.5) is 0 Å². The van der Waals surface area contributed by atoms with Gasteiger partial charge in [0, 0.05) is 34.4 Å². The summed E-state index contributed by atoms with van der Waals surface area (Å²) in [7, 11) is 0. The van der Waals surface area contributed by atoms with Gasteiger partial charge in [0.2, 0.25) is 0 Å². The number of hydrogen-bond donors (Lipinski definition) is 0. The SMILES string of the molecule is N#Cc1cncc(-c2cccc(-c3cccc(-n4c5ccccc5c5ccccc54)c3)c2)c1. The lowest BCUT2D eigenvalue weighted by Crippen LogP contribution is -1.94. The van der Waals surface area contributed by atoms with Gasteiger partial charge in [0.15, 0.2) is 0 Å². The fourth-order valence-corrected chi connectivity index (χ4v) is 4.56. The lowest BCUT2D eigenvalue weighted by atomic mass is 9.99. The summed E-state index contributed by atoms with van der Waals surface area (Å²) in [6.45, 7) is 0. The Hall–Kier alpha value is -4.68. The molecule has 0 aliphatic carbocycles. The first-order chi connectivity index (χ1) is 16.3. The third-order valence-corrected chi connectivity index (χ3v) is 6.08. The maximum atomic E-state index is 9.22. The van der Waals surface area contributed by atoms with Gasteiger partial charge in [-0.2, -0.15) is 5.26 Å². The molecule has 6 aromatic rings. The molecule has 33 heavy (non-hydrogen) atoms. The molecule has 6 rings (SSSR count). The maximum absolute atomic E-state index is 9.22. The van der Waals surface area contributed by atoms with Gasteiger partial charge >= 0.3 is 0 Å². The van der Waals surface area contributed by atoms with Crippen LogP contribution >= 0.6 is 0 Å². The van der Waals surface area contributed by atoms with E-state index in [1.807, 2.05) is 6.07 Å². The Morgan fingerprint density at radius 2 is 1.18 bits per heavy atom. The minimum absolute atomic E-state index is 0.561. The Kier molecular flexibility index (Phi) is 4.49. The van der Waals surface area contributed by atoms with Gasteiger partial charge in [-0.05, 0) is 53.1 Å². The standard InChI is InChI=1S/C30H19N3/c31-18-21-15-25(20-32-19-21)23-8-5-7-22(16-23)24-9-6-10-26(17-24)33-29-13-3-1-11-27(29)28-12-2-4-14-30(28)33/h1-17,19-20H. The molecule has 154 valence electrons. The third kappa shape index (κ3) is 3.26. The molecule has 0 aliphatic rings. The number of fused-ring (bicyclic) bond motifs is 3. The molecule has 3 nitrogen and oxygen atoms in total. The van der Waals surface area contributed by atoms with Crippen molar-refractivity contribution in [3.8, 4) is 34.0 Å². The Labute approximate surface area is 191 Å². The van der Waals surface area contributed by atoms with Crippen LogP contribution in [-0.4, -0.2) is 9.55 Å². The van der Waals surface area contributed by atoms with Crippen molar-refractivity contribution in [2.24, 2.45) is 0 Å². The van der Waals surface area contributed by atoms with Crippen LogP contribution in [0.25, 0.3) is 49.7 Å². The highest BCUT2D eigenvalue weighted by atomic mass is 15.0. The molecule has 2 aromatic heterocycles. The lowest BCUT2D eigenvalue weighted by Gasteiger charge is -2.11. The molecule has 0 saturated carbocycles. The fourth-order valence-electron chi connectivity index (χ4n) is 4.56. The summed E-state index contributed by atoms with van der Waals surface area (Å²) in [6.07, 6.45) is 3.39. The molecule has 0 radical (unpaired) electrons. The van der Waals surface area contributed by atoms with E-state index in [4.69, 9.17) is 0 Å². The Balaban J connectivity index is 1.50. The van der Waals surface area contributed by atoms with Crippen molar-refractivity contribution < 1.29 is 0 Å². The number of pyridine rings is 1. The van der Waals surface area contributed by atoms with E-state index in [0.717, 1.165) is 27.9 Å². The molecule has 0 amide bonds. The van der Waals surface area contributed by atoms with Crippen molar-refractivity contribution in [2.45, 2.75) is 0 Å². The van der Waals surface area contributed by atoms with E-state index in [9.17, 15) is 5.26 Å². The molecule has 0 aliphatic heterocycles. The van der Waals surface area contributed by atoms with Crippen molar-refractivity contribution in [3.63, 3.8) is 0 Å². The first-order valence-corrected chi connectivity index (χ1v) is 10.9. The molecule has 0 unspecified atom stereocenters. The normalized spacial score (nSPS) is 11.0. The van der Waals surface area contributed by atoms with Gasteiger partial charge in [0.1, 0.15) is 6.07 Å². The minimum Gasteiger partial charge on any atom is -0.309 e. The summed E-state index contributed by atoms with van der Waals surface area (Å²) in [5, 5.41) is 11.7. The number of aromatic nitrogens is 2. The van der Waals surface area contributed by atoms with Crippen LogP contribution in [0.1, 0.15) is 5.56 Å². The molecule has 0 bridgehead atoms. The van der Waals surface area contributed by atoms with Crippen molar-refractivity contribution in [1.29, 1.82) is 5.26 Å². The molecule has 0 atom stereocenters. The van der Waals surface area contributed by atoms with E-state index in [1.165, 1.54) is 21.8 Å². The average molecular weight is 422 g/mol. The molecule has 0 N–H and O–H groups in total. The summed E-state index contributed by atoms with van der Waals surface area (Å²) in [6, 6.07) is 38.2. The van der Waals surface area contributed by atoms with Gasteiger partial charge in [0.25, 0.3) is 0 Å². The number of para-hydroxylation sites is 2. The van der Waals surface area contributed by atoms with E-state index in [-0.39, 0.29) is 0 Å². The molecule has 0 fully saturated rings. The summed E-state index contributed by atoms with van der Waals surface area (Å²) >= 11 is 0. The van der Waals surface area contributed by atoms with Crippen LogP contribution in [0.2, 0.25) is 0 Å². The quantitative estimate of drug-likeness (QED) is 0.299. The molecule has 0 saturated heterocycles. The Bertz CT molecular complexity index is 1630. The number of hydrogen-bond acceptors (Lipinski definition) is 2. The largest absolute Gasteiger partial charge is 0.309 e. The van der Waals surface area contributed by atoms with Crippen LogP contribution in [0.3, 0.4) is 0 Å². The highest BCUT2D eigenvalue weighted by molar-refractivity contribution is 6.09. The minimum atomic E-state index is 0.561. The monoisotopic (exact) mass is 421 g/mol. The van der Waals surface area contributed by atoms with Crippen LogP contribution < -0.4 is 0 Å². The predicted molar refractivity (Wildman–Crippen MR) is 134 cm³/mol. The molecule has 4 aromatic carbocycles. The smallest absolute Gasteiger partial charge is 0.101 e. The summed E-state index contributed by atoms with van der Waals surface area (Å²) < 4.78 is 2.33. The van der Waals surface area contributed by atoms with Gasteiger partial charge in [0.05, 0.1) is 16.6 Å². The van der Waals surface area contributed by atoms with E-state index in [2.05, 4.69) is 113 Å². The highest BCUT2D eigenvalue weighted by Crippen LogP contribution is 2.33. The van der Waals surface area contributed by atoms with Crippen LogP contribution in [-0.2, 0) is 0 Å². The highest BCUT2D eigenvalue weighted by Gasteiger charge is 2.12. The van der Waals surface area contributed by atoms with Crippen LogP contribution in [0.15, 0.2) is 116 Å². The zero-order valence-corrected chi connectivity index (χ0v) is 17.8. The van der Waals surface area contributed by atoms with Gasteiger partial charge in [-0.3, -0.25) is 4.98 Å². The van der Waals surface area contributed by atoms with Gasteiger partial charge in [-0.15, -0.1) is 0 Å². The third-order valence-electron chi connectivity index (χ3n) is 6.08. The molecule has 3 heteroatoms. The Morgan fingerprint density at radius 1 is 0.576 bits per heavy atom. The van der Waals surface area contributed by atoms with Crippen LogP contribution in [0.5, 0.6) is 0 Å². The van der Waals surface area contributed by atoms with Crippen molar-refractivity contribution in [3.05, 3.63) is 121 Å². The summed E-state index contributed by atoms with van der Waals surface area (Å²) in [5.41, 5.74) is 8.33. The van der Waals surface area contributed by atoms with E-state index >= 15 is 0 Å². The van der Waals surface area contributed by atoms with Crippen LogP contribution in [0, 0.1) is 11.3 Å². The van der Waals surface area contributed by atoms with E-state index in [1.54, 1.807) is 12.4 Å². The maximum Gasteiger partial charge on any atom is 0.101 e. The second kappa shape index (κ2) is 7.78. The zero-order valence-electron chi connectivity index (χ0n) is 17.8. The second-order valence-electron chi connectivity index (χ2n) is 8.07. The van der Waals surface area contributed by atoms with Gasteiger partial charge in [-0.25, -0.2) is 0 Å². The summed E-state index contributed by atoms with van der Waals surface area (Å²) in [4.78, 5) is 4.21. The first kappa shape index (κ1) is 19.0. The van der Waals surface area contributed by atoms with Crippen molar-refractivity contribution in [2.75, 3.05) is 0 Å². The topological polar surface area (TPSA) is 41.6 Å². The number of nitriles is 1. The molecule has 2 heterocycles. The van der Waals surface area contributed by atoms with Gasteiger partial charge < -0.3 is 4.57 Å². The fraction of sp³-hybridized carbons (Fsp3) is 0. The first-order valence-electron chi connectivity index (χ1n) is 10.9. The molecule has 0 spiro atoms. The second-order valence-corrected chi connectivity index (χ2v) is 8.07. The zero-order chi connectivity index (χ0) is 22.2. The van der Waals surface area contributed by atoms with Gasteiger partial charge in [-0.1, -0.05) is 66.7 Å². The predicted octanol–water partition coefficient (Wildman–Crippen LogP) is 7.38. The average Bonchev–Trinajstić information content (AvgIpc) is 3.23. The molecular formula is C30H19N3. The lowest BCUT2D eigenvalue weighted by molar-refractivity contribution is 1.18. The number of benzene rings is 4. The van der Waals surface area contributed by atoms with E-state index in [0.29, 0.717) is 5.56 Å². The number of nitrogens with zero attached hydrogens (tertiary/aromatic N) is 3. The van der Waals surface area contributed by atoms with Crippen molar-refractivity contribution in [1.82, 2.24) is 9.55 Å².